The molecule has 56 valence electrons. The van der Waals surface area contributed by atoms with Crippen molar-refractivity contribution in [3.05, 3.63) is 12.7 Å². The van der Waals surface area contributed by atoms with Crippen molar-refractivity contribution in [1.82, 2.24) is 5.32 Å². The summed E-state index contributed by atoms with van der Waals surface area (Å²) in [6.45, 7) is 4.55. The third-order valence-corrected chi connectivity index (χ3v) is 0.915. The lowest BCUT2D eigenvalue weighted by Gasteiger charge is -2.04. The van der Waals surface area contributed by atoms with Gasteiger partial charge < -0.3 is 10.4 Å². The second kappa shape index (κ2) is 3.66. The minimum absolute atomic E-state index is 0.477. The summed E-state index contributed by atoms with van der Waals surface area (Å²) in [6, 6.07) is -0.856. The van der Waals surface area contributed by atoms with Crippen molar-refractivity contribution >= 4 is 11.9 Å². The number of carboxylic acid groups (broad SMARTS) is 1. The van der Waals surface area contributed by atoms with Crippen LogP contribution in [-0.2, 0) is 9.59 Å². The highest BCUT2D eigenvalue weighted by molar-refractivity contribution is 5.90. The molecule has 0 aromatic rings. The Morgan fingerprint density at radius 2 is 2.20 bits per heavy atom. The zero-order valence-corrected chi connectivity index (χ0v) is 5.63. The molecule has 1 amide bonds. The highest BCUT2D eigenvalue weighted by atomic mass is 16.4. The molecule has 0 radical (unpaired) electrons. The van der Waals surface area contributed by atoms with Gasteiger partial charge in [0.15, 0.2) is 0 Å². The smallest absolute Gasteiger partial charge is 0.325 e. The summed E-state index contributed by atoms with van der Waals surface area (Å²) in [5.74, 6) is -1.54. The fourth-order valence-electron chi connectivity index (χ4n) is 0.334. The summed E-state index contributed by atoms with van der Waals surface area (Å²) in [6.07, 6.45) is 1.03. The summed E-state index contributed by atoms with van der Waals surface area (Å²) in [5.41, 5.74) is 0. The van der Waals surface area contributed by atoms with Crippen LogP contribution in [-0.4, -0.2) is 23.0 Å². The monoisotopic (exact) mass is 143 g/mol. The van der Waals surface area contributed by atoms with Crippen LogP contribution in [0.25, 0.3) is 0 Å². The third-order valence-electron chi connectivity index (χ3n) is 0.915. The number of carbonyl (C=O) groups excluding carboxylic acids is 1. The first-order chi connectivity index (χ1) is 4.57. The standard InChI is InChI=1S/C6H9NO3/c1-3-5(8)7-4(2)6(9)10/h3-4H,1H2,2H3,(H,7,8)(H,9,10)/t4-/m1/s1. The summed E-state index contributed by atoms with van der Waals surface area (Å²) in [7, 11) is 0. The van der Waals surface area contributed by atoms with Crippen LogP contribution >= 0.6 is 0 Å². The average molecular weight is 143 g/mol. The molecule has 0 fully saturated rings. The Morgan fingerprint density at radius 3 is 2.50 bits per heavy atom. The van der Waals surface area contributed by atoms with E-state index in [1.807, 2.05) is 0 Å². The number of rotatable bonds is 3. The number of hydrogen-bond acceptors (Lipinski definition) is 2. The molecule has 0 saturated heterocycles. The van der Waals surface area contributed by atoms with Crippen molar-refractivity contribution in [2.45, 2.75) is 13.0 Å². The van der Waals surface area contributed by atoms with Gasteiger partial charge in [0.1, 0.15) is 6.04 Å². The predicted molar refractivity (Wildman–Crippen MR) is 35.4 cm³/mol. The molecule has 1 atom stereocenters. The van der Waals surface area contributed by atoms with E-state index in [0.29, 0.717) is 0 Å². The van der Waals surface area contributed by atoms with Crippen molar-refractivity contribution in [3.63, 3.8) is 0 Å². The van der Waals surface area contributed by atoms with Crippen molar-refractivity contribution in [1.29, 1.82) is 0 Å². The number of carboxylic acids is 1. The van der Waals surface area contributed by atoms with E-state index in [2.05, 4.69) is 11.9 Å². The molecule has 0 unspecified atom stereocenters. The molecule has 0 aliphatic heterocycles. The van der Waals surface area contributed by atoms with Gasteiger partial charge in [-0.05, 0) is 13.0 Å². The summed E-state index contributed by atoms with van der Waals surface area (Å²) in [4.78, 5) is 20.5. The number of hydrogen-bond donors (Lipinski definition) is 2. The van der Waals surface area contributed by atoms with E-state index in [-0.39, 0.29) is 0 Å². The average Bonchev–Trinajstić information content (AvgIpc) is 1.87. The maximum absolute atomic E-state index is 10.4. The minimum Gasteiger partial charge on any atom is -0.480 e. The molecule has 0 spiro atoms. The van der Waals surface area contributed by atoms with Gasteiger partial charge in [-0.2, -0.15) is 0 Å². The fraction of sp³-hybridized carbons (Fsp3) is 0.333. The molecule has 4 nitrogen and oxygen atoms in total. The van der Waals surface area contributed by atoms with Gasteiger partial charge in [0.25, 0.3) is 0 Å². The Bertz CT molecular complexity index is 164. The maximum Gasteiger partial charge on any atom is 0.325 e. The van der Waals surface area contributed by atoms with E-state index in [0.717, 1.165) is 6.08 Å². The lowest BCUT2D eigenvalue weighted by molar-refractivity contribution is -0.140. The van der Waals surface area contributed by atoms with E-state index in [4.69, 9.17) is 5.11 Å². The van der Waals surface area contributed by atoms with E-state index >= 15 is 0 Å². The molecule has 0 aromatic carbocycles. The number of aliphatic carboxylic acids is 1. The van der Waals surface area contributed by atoms with Crippen LogP contribution < -0.4 is 5.32 Å². The molecule has 4 heteroatoms. The fourth-order valence-corrected chi connectivity index (χ4v) is 0.334. The molecule has 2 N–H and O–H groups in total. The van der Waals surface area contributed by atoms with Crippen molar-refractivity contribution in [2.75, 3.05) is 0 Å². The van der Waals surface area contributed by atoms with Crippen LogP contribution in [0.15, 0.2) is 12.7 Å². The molecule has 0 aliphatic rings. The Morgan fingerprint density at radius 1 is 1.70 bits per heavy atom. The number of carbonyl (C=O) groups is 2. The van der Waals surface area contributed by atoms with E-state index < -0.39 is 17.9 Å². The summed E-state index contributed by atoms with van der Waals surface area (Å²) < 4.78 is 0. The minimum atomic E-state index is -1.06. The van der Waals surface area contributed by atoms with Crippen LogP contribution in [0.4, 0.5) is 0 Å². The number of nitrogens with one attached hydrogen (secondary N) is 1. The zero-order chi connectivity index (χ0) is 8.15. The molecular weight excluding hydrogens is 134 g/mol. The normalized spacial score (nSPS) is 11.7. The van der Waals surface area contributed by atoms with Crippen molar-refractivity contribution in [3.8, 4) is 0 Å². The van der Waals surface area contributed by atoms with E-state index in [1.165, 1.54) is 6.92 Å². The number of amides is 1. The second-order valence-corrected chi connectivity index (χ2v) is 1.77. The molecule has 0 aromatic heterocycles. The van der Waals surface area contributed by atoms with Gasteiger partial charge in [0, 0.05) is 0 Å². The van der Waals surface area contributed by atoms with Crippen molar-refractivity contribution < 1.29 is 14.7 Å². The van der Waals surface area contributed by atoms with Gasteiger partial charge in [-0.1, -0.05) is 6.58 Å². The highest BCUT2D eigenvalue weighted by Gasteiger charge is 2.10. The largest absolute Gasteiger partial charge is 0.480 e. The maximum atomic E-state index is 10.4. The highest BCUT2D eigenvalue weighted by Crippen LogP contribution is 1.80. The van der Waals surface area contributed by atoms with Gasteiger partial charge in [-0.25, -0.2) is 0 Å². The first-order valence-electron chi connectivity index (χ1n) is 2.73. The summed E-state index contributed by atoms with van der Waals surface area (Å²) >= 11 is 0. The summed E-state index contributed by atoms with van der Waals surface area (Å²) in [5, 5.41) is 10.4. The first-order valence-corrected chi connectivity index (χ1v) is 2.73. The van der Waals surface area contributed by atoms with E-state index in [9.17, 15) is 9.59 Å². The van der Waals surface area contributed by atoms with Crippen LogP contribution in [0, 0.1) is 0 Å². The molecule has 0 aliphatic carbocycles. The van der Waals surface area contributed by atoms with Crippen LogP contribution in [0.1, 0.15) is 6.92 Å². The Kier molecular flexibility index (Phi) is 3.17. The van der Waals surface area contributed by atoms with Crippen molar-refractivity contribution in [2.24, 2.45) is 0 Å². The molecule has 0 saturated carbocycles. The van der Waals surface area contributed by atoms with Crippen LogP contribution in [0.3, 0.4) is 0 Å². The Balaban J connectivity index is 3.79. The molecule has 10 heavy (non-hydrogen) atoms. The lowest BCUT2D eigenvalue weighted by atomic mass is 10.3. The van der Waals surface area contributed by atoms with Crippen LogP contribution in [0.5, 0.6) is 0 Å². The zero-order valence-electron chi connectivity index (χ0n) is 5.63. The third kappa shape index (κ3) is 2.86. The van der Waals surface area contributed by atoms with Crippen LogP contribution in [0.2, 0.25) is 0 Å². The van der Waals surface area contributed by atoms with Gasteiger partial charge in [-0.15, -0.1) is 0 Å². The predicted octanol–water partition coefficient (Wildman–Crippen LogP) is -0.238. The molecule has 0 heterocycles. The lowest BCUT2D eigenvalue weighted by Crippen LogP contribution is -2.37. The first kappa shape index (κ1) is 8.68. The second-order valence-electron chi connectivity index (χ2n) is 1.77. The van der Waals surface area contributed by atoms with E-state index in [1.54, 1.807) is 0 Å². The Hall–Kier alpha value is -1.32. The topological polar surface area (TPSA) is 66.4 Å². The Labute approximate surface area is 58.5 Å². The molecule has 0 rings (SSSR count). The van der Waals surface area contributed by atoms with Gasteiger partial charge >= 0.3 is 5.97 Å². The SMILES string of the molecule is C=CC(=O)N[C@H](C)C(=O)O. The van der Waals surface area contributed by atoms with Gasteiger partial charge in [0.05, 0.1) is 0 Å². The molecule has 0 bridgehead atoms. The quantitative estimate of drug-likeness (QED) is 0.536. The van der Waals surface area contributed by atoms with Gasteiger partial charge in [-0.3, -0.25) is 9.59 Å². The van der Waals surface area contributed by atoms with Gasteiger partial charge in [0.2, 0.25) is 5.91 Å². The molecular formula is C6H9NO3.